The molecule has 0 aliphatic rings. The van der Waals surface area contributed by atoms with Gasteiger partial charge in [-0.2, -0.15) is 22.0 Å². The largest absolute Gasteiger partial charge is 0.512 e. The molecule has 133 valence electrons. The summed E-state index contributed by atoms with van der Waals surface area (Å²) >= 11 is 0. The Morgan fingerprint density at radius 3 is 1.54 bits per heavy atom. The van der Waals surface area contributed by atoms with Crippen molar-refractivity contribution in [2.75, 3.05) is 0 Å². The van der Waals surface area contributed by atoms with Crippen LogP contribution in [-0.2, 0) is 29.9 Å². The van der Waals surface area contributed by atoms with Crippen molar-refractivity contribution >= 4 is 48.7 Å². The minimum absolute atomic E-state index is 0. The summed E-state index contributed by atoms with van der Waals surface area (Å²) in [5.41, 5.74) is -6.24. The van der Waals surface area contributed by atoms with Gasteiger partial charge in [0.1, 0.15) is 0 Å². The van der Waals surface area contributed by atoms with E-state index in [2.05, 4.69) is 0 Å². The fourth-order valence-corrected chi connectivity index (χ4v) is 5.58. The average molecular weight is 410 g/mol. The van der Waals surface area contributed by atoms with E-state index in [-0.39, 0.29) is 23.0 Å². The Kier molecular flexibility index (Phi) is 6.68. The van der Waals surface area contributed by atoms with Crippen LogP contribution in [0.4, 0.5) is 22.0 Å². The molecule has 1 aromatic rings. The molecular formula is C8H6F5LiNO6S3. The van der Waals surface area contributed by atoms with Crippen LogP contribution in [0.5, 0.6) is 0 Å². The van der Waals surface area contributed by atoms with E-state index in [9.17, 15) is 47.2 Å². The first-order valence-electron chi connectivity index (χ1n) is 5.08. The van der Waals surface area contributed by atoms with Gasteiger partial charge in [0.25, 0.3) is 9.84 Å². The monoisotopic (exact) mass is 410 g/mol. The molecule has 1 aromatic carbocycles. The van der Waals surface area contributed by atoms with Gasteiger partial charge in [-0.25, -0.2) is 25.3 Å². The van der Waals surface area contributed by atoms with Crippen LogP contribution in [0.15, 0.2) is 35.2 Å². The first-order valence-corrected chi connectivity index (χ1v) is 9.53. The predicted octanol–water partition coefficient (Wildman–Crippen LogP) is 0.399. The van der Waals surface area contributed by atoms with Crippen LogP contribution < -0.4 is 4.13 Å². The molecule has 0 amide bonds. The quantitative estimate of drug-likeness (QED) is 0.555. The van der Waals surface area contributed by atoms with Crippen LogP contribution in [0.3, 0.4) is 0 Å². The number of sulfone groups is 1. The summed E-state index contributed by atoms with van der Waals surface area (Å²) in [5, 5.41) is 0. The first-order chi connectivity index (χ1) is 10.1. The van der Waals surface area contributed by atoms with Gasteiger partial charge in [-0.3, -0.25) is 0 Å². The summed E-state index contributed by atoms with van der Waals surface area (Å²) in [6.45, 7) is 0. The number of hydrogen-bond acceptors (Lipinski definition) is 6. The molecule has 0 heterocycles. The Hall–Kier alpha value is -0.723. The third-order valence-corrected chi connectivity index (χ3v) is 8.03. The summed E-state index contributed by atoms with van der Waals surface area (Å²) in [4.78, 5) is -1.24. The minimum atomic E-state index is -6.79. The van der Waals surface area contributed by atoms with Gasteiger partial charge in [-0.1, -0.05) is 22.3 Å². The molecule has 0 spiro atoms. The van der Waals surface area contributed by atoms with Crippen LogP contribution in [0, 0.1) is 0 Å². The van der Waals surface area contributed by atoms with E-state index in [1.165, 1.54) is 6.07 Å². The first kappa shape index (κ1) is 23.3. The van der Waals surface area contributed by atoms with Gasteiger partial charge in [-0.15, -0.1) is 0 Å². The predicted molar refractivity (Wildman–Crippen MR) is 71.4 cm³/mol. The molecule has 0 aliphatic carbocycles. The van der Waals surface area contributed by atoms with Crippen LogP contribution in [0.25, 0.3) is 0 Å². The Bertz CT molecular complexity index is 895. The summed E-state index contributed by atoms with van der Waals surface area (Å²) in [7, 11) is -19.6. The maximum Gasteiger partial charge on any atom is 0.512 e. The van der Waals surface area contributed by atoms with Crippen molar-refractivity contribution in [3.63, 3.8) is 0 Å². The van der Waals surface area contributed by atoms with Gasteiger partial charge in [0.2, 0.25) is 0 Å². The Morgan fingerprint density at radius 2 is 1.17 bits per heavy atom. The minimum Gasteiger partial charge on any atom is -0.216 e. The Morgan fingerprint density at radius 1 is 0.750 bits per heavy atom. The van der Waals surface area contributed by atoms with E-state index < -0.39 is 44.9 Å². The number of nitrogens with one attached hydrogen (secondary N) is 1. The number of halogens is 5. The Balaban J connectivity index is 0.00000529. The fourth-order valence-electron chi connectivity index (χ4n) is 1.12. The van der Waals surface area contributed by atoms with Crippen molar-refractivity contribution < 1.29 is 47.2 Å². The van der Waals surface area contributed by atoms with E-state index in [0.29, 0.717) is 12.1 Å². The summed E-state index contributed by atoms with van der Waals surface area (Å²) in [6, 6.07) is 4.18. The van der Waals surface area contributed by atoms with Crippen molar-refractivity contribution in [1.29, 1.82) is 0 Å². The molecule has 16 heteroatoms. The van der Waals surface area contributed by atoms with Gasteiger partial charge in [-0.05, 0) is 12.1 Å². The molecule has 0 unspecified atom stereocenters. The molecule has 0 atom stereocenters. The number of rotatable bonds is 5. The van der Waals surface area contributed by atoms with Crippen molar-refractivity contribution in [2.45, 2.75) is 15.0 Å². The molecule has 24 heavy (non-hydrogen) atoms. The second-order valence-electron chi connectivity index (χ2n) is 3.82. The zero-order chi connectivity index (χ0) is 18.3. The van der Waals surface area contributed by atoms with Crippen LogP contribution in [0.2, 0.25) is 0 Å². The average Bonchev–Trinajstić information content (AvgIpc) is 2.36. The zero-order valence-electron chi connectivity index (χ0n) is 11.5. The van der Waals surface area contributed by atoms with Crippen LogP contribution in [-0.4, -0.2) is 54.2 Å². The third kappa shape index (κ3) is 4.09. The normalized spacial score (nSPS) is 14.0. The molecule has 1 rings (SSSR count). The third-order valence-electron chi connectivity index (χ3n) is 2.20. The van der Waals surface area contributed by atoms with E-state index >= 15 is 0 Å². The molecule has 0 saturated heterocycles. The second kappa shape index (κ2) is 6.88. The van der Waals surface area contributed by atoms with Gasteiger partial charge in [0, 0.05) is 18.9 Å². The zero-order valence-corrected chi connectivity index (χ0v) is 13.9. The van der Waals surface area contributed by atoms with Crippen molar-refractivity contribution in [2.24, 2.45) is 0 Å². The molecule has 7 nitrogen and oxygen atoms in total. The number of hydrogen-bond donors (Lipinski definition) is 1. The second-order valence-corrected chi connectivity index (χ2v) is 9.72. The van der Waals surface area contributed by atoms with Gasteiger partial charge >= 0.3 is 30.1 Å². The topological polar surface area (TPSA) is 114 Å². The molecule has 0 saturated carbocycles. The van der Waals surface area contributed by atoms with E-state index in [1.807, 2.05) is 0 Å². The van der Waals surface area contributed by atoms with Crippen molar-refractivity contribution in [3.05, 3.63) is 30.3 Å². The molecule has 1 radical (unpaired) electrons. The summed E-state index contributed by atoms with van der Waals surface area (Å²) in [6.07, 6.45) is 0. The molecular weight excluding hydrogens is 404 g/mol. The van der Waals surface area contributed by atoms with Crippen molar-refractivity contribution in [1.82, 2.24) is 4.13 Å². The molecule has 0 aromatic heterocycles. The van der Waals surface area contributed by atoms with Crippen molar-refractivity contribution in [3.8, 4) is 0 Å². The molecule has 0 bridgehead atoms. The molecule has 0 fully saturated rings. The van der Waals surface area contributed by atoms with Crippen LogP contribution >= 0.6 is 0 Å². The SMILES string of the molecule is O=S(=O)(NS(=O)(=O)C(F)(F)S(=O)(=O)c1ccccc1)C(F)(F)F.[Li]. The number of benzene rings is 1. The van der Waals surface area contributed by atoms with Gasteiger partial charge < -0.3 is 0 Å². The Labute approximate surface area is 145 Å². The smallest absolute Gasteiger partial charge is 0.216 e. The number of alkyl halides is 5. The van der Waals surface area contributed by atoms with E-state index in [0.717, 1.165) is 12.1 Å². The van der Waals surface area contributed by atoms with E-state index in [1.54, 1.807) is 0 Å². The maximum atomic E-state index is 13.7. The summed E-state index contributed by atoms with van der Waals surface area (Å²) in [5.74, 6) is 0. The van der Waals surface area contributed by atoms with Crippen LogP contribution in [0.1, 0.15) is 0 Å². The maximum absolute atomic E-state index is 13.7. The molecule has 0 aliphatic heterocycles. The van der Waals surface area contributed by atoms with Gasteiger partial charge in [0.05, 0.1) is 4.90 Å². The van der Waals surface area contributed by atoms with E-state index in [4.69, 9.17) is 0 Å². The molecule has 1 N–H and O–H groups in total. The van der Waals surface area contributed by atoms with Gasteiger partial charge in [0.15, 0.2) is 0 Å². The fraction of sp³-hybridized carbons (Fsp3) is 0.250. The standard InChI is InChI=1S/C8H6F5NO6S3.Li/c9-7(10,11)22(17,18)14-23(19,20)8(12,13)21(15,16)6-4-2-1-3-5-6;/h1-5,14H;. The summed E-state index contributed by atoms with van der Waals surface area (Å²) < 4.78 is 124. The number of sulfonamides is 2.